The predicted octanol–water partition coefficient (Wildman–Crippen LogP) is 1.86. The fourth-order valence-corrected chi connectivity index (χ4v) is 2.88. The van der Waals surface area contributed by atoms with Crippen LogP contribution in [0.4, 0.5) is 5.69 Å². The van der Waals surface area contributed by atoms with Crippen molar-refractivity contribution in [3.8, 4) is 0 Å². The van der Waals surface area contributed by atoms with Gasteiger partial charge in [0.2, 0.25) is 5.91 Å². The number of benzene rings is 1. The van der Waals surface area contributed by atoms with Crippen LogP contribution < -0.4 is 10.6 Å². The van der Waals surface area contributed by atoms with Crippen LogP contribution in [0.5, 0.6) is 0 Å². The number of likely N-dealkylation sites (tertiary alicyclic amines) is 1. The molecule has 1 saturated heterocycles. The molecule has 1 atom stereocenters. The molecule has 110 valence electrons. The average molecular weight is 275 g/mol. The number of hydrogen-bond donors (Lipinski definition) is 2. The second-order valence-corrected chi connectivity index (χ2v) is 5.72. The van der Waals surface area contributed by atoms with Gasteiger partial charge in [-0.2, -0.15) is 0 Å². The number of hydrogen-bond acceptors (Lipinski definition) is 3. The monoisotopic (exact) mass is 275 g/mol. The highest BCUT2D eigenvalue weighted by Gasteiger charge is 2.20. The van der Waals surface area contributed by atoms with E-state index in [1.807, 2.05) is 38.2 Å². The van der Waals surface area contributed by atoms with Gasteiger partial charge in [-0.3, -0.25) is 9.69 Å². The Kier molecular flexibility index (Phi) is 5.56. The summed E-state index contributed by atoms with van der Waals surface area (Å²) < 4.78 is 0. The summed E-state index contributed by atoms with van der Waals surface area (Å²) >= 11 is 0. The van der Waals surface area contributed by atoms with Gasteiger partial charge in [0.05, 0.1) is 6.54 Å². The lowest BCUT2D eigenvalue weighted by molar-refractivity contribution is -0.117. The van der Waals surface area contributed by atoms with E-state index >= 15 is 0 Å². The third-order valence-electron chi connectivity index (χ3n) is 3.76. The molecule has 2 rings (SSSR count). The lowest BCUT2D eigenvalue weighted by atomic mass is 9.98. The van der Waals surface area contributed by atoms with E-state index in [-0.39, 0.29) is 5.91 Å². The van der Waals surface area contributed by atoms with Crippen molar-refractivity contribution in [2.45, 2.75) is 19.8 Å². The standard InChI is InChI=1S/C16H25N3O/c1-13-5-3-7-15(9-13)18-16(20)12-19-8-4-6-14(11-19)10-17-2/h3,5,7,9,14,17H,4,6,8,10-12H2,1-2H3,(H,18,20). The van der Waals surface area contributed by atoms with Gasteiger partial charge in [0.15, 0.2) is 0 Å². The van der Waals surface area contributed by atoms with E-state index in [0.29, 0.717) is 12.5 Å². The molecule has 1 unspecified atom stereocenters. The zero-order chi connectivity index (χ0) is 14.4. The average Bonchev–Trinajstić information content (AvgIpc) is 2.39. The zero-order valence-electron chi connectivity index (χ0n) is 12.5. The number of carbonyl (C=O) groups is 1. The second-order valence-electron chi connectivity index (χ2n) is 5.72. The molecule has 1 heterocycles. The number of nitrogens with one attached hydrogen (secondary N) is 2. The van der Waals surface area contributed by atoms with Gasteiger partial charge in [0.1, 0.15) is 0 Å². The van der Waals surface area contributed by atoms with Crippen LogP contribution in [-0.2, 0) is 4.79 Å². The number of amides is 1. The van der Waals surface area contributed by atoms with E-state index in [0.717, 1.165) is 30.9 Å². The van der Waals surface area contributed by atoms with Crippen LogP contribution in [-0.4, -0.2) is 44.0 Å². The summed E-state index contributed by atoms with van der Waals surface area (Å²) in [5, 5.41) is 6.21. The molecule has 0 bridgehead atoms. The molecule has 0 radical (unpaired) electrons. The highest BCUT2D eigenvalue weighted by Crippen LogP contribution is 2.16. The molecular formula is C16H25N3O. The van der Waals surface area contributed by atoms with E-state index in [1.165, 1.54) is 12.8 Å². The Labute approximate surface area is 121 Å². The van der Waals surface area contributed by atoms with Crippen molar-refractivity contribution in [1.82, 2.24) is 10.2 Å². The molecule has 1 aromatic rings. The number of anilines is 1. The van der Waals surface area contributed by atoms with Crippen molar-refractivity contribution >= 4 is 11.6 Å². The first-order valence-corrected chi connectivity index (χ1v) is 7.41. The maximum atomic E-state index is 12.1. The highest BCUT2D eigenvalue weighted by molar-refractivity contribution is 5.92. The first-order chi connectivity index (χ1) is 9.67. The van der Waals surface area contributed by atoms with Gasteiger partial charge in [0.25, 0.3) is 0 Å². The summed E-state index contributed by atoms with van der Waals surface area (Å²) in [5.41, 5.74) is 2.05. The second kappa shape index (κ2) is 7.41. The smallest absolute Gasteiger partial charge is 0.238 e. The number of carbonyl (C=O) groups excluding carboxylic acids is 1. The predicted molar refractivity (Wildman–Crippen MR) is 82.9 cm³/mol. The van der Waals surface area contributed by atoms with Crippen molar-refractivity contribution in [3.05, 3.63) is 29.8 Å². The van der Waals surface area contributed by atoms with Crippen LogP contribution in [0.25, 0.3) is 0 Å². The first kappa shape index (κ1) is 15.0. The van der Waals surface area contributed by atoms with Gasteiger partial charge >= 0.3 is 0 Å². The van der Waals surface area contributed by atoms with Crippen LogP contribution in [0.15, 0.2) is 24.3 Å². The zero-order valence-corrected chi connectivity index (χ0v) is 12.5. The Morgan fingerprint density at radius 2 is 2.30 bits per heavy atom. The van der Waals surface area contributed by atoms with Crippen molar-refractivity contribution in [3.63, 3.8) is 0 Å². The normalized spacial score (nSPS) is 19.8. The minimum absolute atomic E-state index is 0.0840. The molecule has 20 heavy (non-hydrogen) atoms. The minimum Gasteiger partial charge on any atom is -0.325 e. The largest absolute Gasteiger partial charge is 0.325 e. The molecule has 1 aliphatic heterocycles. The van der Waals surface area contributed by atoms with Gasteiger partial charge in [-0.05, 0) is 63.5 Å². The third-order valence-corrected chi connectivity index (χ3v) is 3.76. The Morgan fingerprint density at radius 3 is 3.05 bits per heavy atom. The van der Waals surface area contributed by atoms with E-state index < -0.39 is 0 Å². The Morgan fingerprint density at radius 1 is 1.45 bits per heavy atom. The summed E-state index contributed by atoms with van der Waals surface area (Å²) in [7, 11) is 1.99. The molecule has 0 aliphatic carbocycles. The maximum Gasteiger partial charge on any atom is 0.238 e. The van der Waals surface area contributed by atoms with Crippen molar-refractivity contribution < 1.29 is 4.79 Å². The van der Waals surface area contributed by atoms with Gasteiger partial charge in [-0.1, -0.05) is 12.1 Å². The lowest BCUT2D eigenvalue weighted by Crippen LogP contribution is -2.42. The molecule has 0 aromatic heterocycles. The molecule has 0 saturated carbocycles. The van der Waals surface area contributed by atoms with E-state index in [1.54, 1.807) is 0 Å². The van der Waals surface area contributed by atoms with E-state index in [4.69, 9.17) is 0 Å². The number of nitrogens with zero attached hydrogens (tertiary/aromatic N) is 1. The Balaban J connectivity index is 1.82. The maximum absolute atomic E-state index is 12.1. The van der Waals surface area contributed by atoms with Gasteiger partial charge in [0, 0.05) is 12.2 Å². The van der Waals surface area contributed by atoms with Crippen LogP contribution >= 0.6 is 0 Å². The van der Waals surface area contributed by atoms with E-state index in [2.05, 4.69) is 15.5 Å². The van der Waals surface area contributed by atoms with Gasteiger partial charge in [-0.15, -0.1) is 0 Å². The van der Waals surface area contributed by atoms with Crippen LogP contribution in [0.3, 0.4) is 0 Å². The van der Waals surface area contributed by atoms with Crippen LogP contribution in [0.2, 0.25) is 0 Å². The van der Waals surface area contributed by atoms with Gasteiger partial charge in [-0.25, -0.2) is 0 Å². The molecule has 4 heteroatoms. The quantitative estimate of drug-likeness (QED) is 0.862. The molecule has 1 aromatic carbocycles. The molecule has 0 spiro atoms. The lowest BCUT2D eigenvalue weighted by Gasteiger charge is -2.32. The first-order valence-electron chi connectivity index (χ1n) is 7.41. The summed E-state index contributed by atoms with van der Waals surface area (Å²) in [6.45, 7) is 5.61. The Hall–Kier alpha value is -1.39. The number of aryl methyl sites for hydroxylation is 1. The summed E-state index contributed by atoms with van der Waals surface area (Å²) in [5.74, 6) is 0.751. The van der Waals surface area contributed by atoms with E-state index in [9.17, 15) is 4.79 Å². The minimum atomic E-state index is 0.0840. The molecule has 1 aliphatic rings. The molecule has 1 fully saturated rings. The molecule has 2 N–H and O–H groups in total. The summed E-state index contributed by atoms with van der Waals surface area (Å²) in [4.78, 5) is 14.3. The summed E-state index contributed by atoms with van der Waals surface area (Å²) in [6, 6.07) is 7.93. The van der Waals surface area contributed by atoms with Crippen molar-refractivity contribution in [1.29, 1.82) is 0 Å². The fourth-order valence-electron chi connectivity index (χ4n) is 2.88. The van der Waals surface area contributed by atoms with Gasteiger partial charge < -0.3 is 10.6 Å². The number of piperidine rings is 1. The number of rotatable bonds is 5. The van der Waals surface area contributed by atoms with Crippen LogP contribution in [0, 0.1) is 12.8 Å². The highest BCUT2D eigenvalue weighted by atomic mass is 16.2. The third kappa shape index (κ3) is 4.62. The fraction of sp³-hybridized carbons (Fsp3) is 0.562. The molecular weight excluding hydrogens is 250 g/mol. The van der Waals surface area contributed by atoms with Crippen LogP contribution in [0.1, 0.15) is 18.4 Å². The molecule has 4 nitrogen and oxygen atoms in total. The topological polar surface area (TPSA) is 44.4 Å². The molecule has 1 amide bonds. The SMILES string of the molecule is CNCC1CCCN(CC(=O)Nc2cccc(C)c2)C1. The summed E-state index contributed by atoms with van der Waals surface area (Å²) in [6.07, 6.45) is 2.45. The van der Waals surface area contributed by atoms with Crippen molar-refractivity contribution in [2.75, 3.05) is 38.5 Å². The van der Waals surface area contributed by atoms with Crippen molar-refractivity contribution in [2.24, 2.45) is 5.92 Å². The Bertz CT molecular complexity index is 445.